The molecule has 1 fully saturated rings. The predicted molar refractivity (Wildman–Crippen MR) is 72.9 cm³/mol. The number of aromatic nitrogens is 2. The predicted octanol–water partition coefficient (Wildman–Crippen LogP) is 3.03. The normalized spacial score (nSPS) is 27.9. The molecule has 0 amide bonds. The molecule has 18 heavy (non-hydrogen) atoms. The maximum Gasteiger partial charge on any atom is 0.221 e. The van der Waals surface area contributed by atoms with Gasteiger partial charge in [-0.05, 0) is 38.0 Å². The minimum atomic E-state index is 0.513. The Morgan fingerprint density at radius 1 is 1.28 bits per heavy atom. The maximum atomic E-state index is 5.23. The molecule has 4 nitrogen and oxygen atoms in total. The second kappa shape index (κ2) is 5.55. The van der Waals surface area contributed by atoms with Gasteiger partial charge >= 0.3 is 0 Å². The molecule has 0 radical (unpaired) electrons. The van der Waals surface area contributed by atoms with Gasteiger partial charge in [-0.25, -0.2) is 9.97 Å². The number of rotatable bonds is 3. The molecular formula is C14H23N3O. The molecule has 3 unspecified atom stereocenters. The second-order valence-electron chi connectivity index (χ2n) is 5.50. The molecule has 0 saturated heterocycles. The lowest BCUT2D eigenvalue weighted by Gasteiger charge is -2.33. The lowest BCUT2D eigenvalue weighted by Crippen LogP contribution is -2.33. The molecule has 1 N–H and O–H groups in total. The Bertz CT molecular complexity index is 408. The first-order valence-electron chi connectivity index (χ1n) is 6.74. The van der Waals surface area contributed by atoms with Crippen molar-refractivity contribution in [1.82, 2.24) is 9.97 Å². The van der Waals surface area contributed by atoms with E-state index in [0.717, 1.165) is 17.3 Å². The van der Waals surface area contributed by atoms with E-state index in [0.29, 0.717) is 17.8 Å². The fourth-order valence-electron chi connectivity index (χ4n) is 2.84. The second-order valence-corrected chi connectivity index (χ2v) is 5.50. The van der Waals surface area contributed by atoms with Crippen molar-refractivity contribution in [3.05, 3.63) is 11.9 Å². The smallest absolute Gasteiger partial charge is 0.221 e. The maximum absolute atomic E-state index is 5.23. The third-order valence-electron chi connectivity index (χ3n) is 3.98. The number of hydrogen-bond acceptors (Lipinski definition) is 4. The van der Waals surface area contributed by atoms with Crippen molar-refractivity contribution in [2.45, 2.75) is 46.1 Å². The van der Waals surface area contributed by atoms with Gasteiger partial charge in [0.15, 0.2) is 0 Å². The van der Waals surface area contributed by atoms with E-state index in [2.05, 4.69) is 29.1 Å². The van der Waals surface area contributed by atoms with Crippen LogP contribution in [0.15, 0.2) is 6.33 Å². The molecule has 1 aliphatic rings. The van der Waals surface area contributed by atoms with Gasteiger partial charge in [-0.2, -0.15) is 0 Å². The Morgan fingerprint density at radius 3 is 2.72 bits per heavy atom. The Kier molecular flexibility index (Phi) is 4.04. The van der Waals surface area contributed by atoms with Crippen LogP contribution in [0.3, 0.4) is 0 Å². The molecule has 1 aromatic rings. The fourth-order valence-corrected chi connectivity index (χ4v) is 2.84. The van der Waals surface area contributed by atoms with Gasteiger partial charge in [0, 0.05) is 6.04 Å². The zero-order valence-corrected chi connectivity index (χ0v) is 11.7. The van der Waals surface area contributed by atoms with Crippen molar-refractivity contribution >= 4 is 5.82 Å². The highest BCUT2D eigenvalue weighted by atomic mass is 16.5. The van der Waals surface area contributed by atoms with E-state index < -0.39 is 0 Å². The molecule has 0 bridgehead atoms. The molecule has 0 aliphatic heterocycles. The topological polar surface area (TPSA) is 47.0 Å². The average molecular weight is 249 g/mol. The molecule has 0 aromatic carbocycles. The summed E-state index contributed by atoms with van der Waals surface area (Å²) in [4.78, 5) is 8.44. The SMILES string of the molecule is COc1ncnc(NC2CCC(C)CC2C)c1C. The lowest BCUT2D eigenvalue weighted by atomic mass is 9.80. The van der Waals surface area contributed by atoms with Crippen molar-refractivity contribution in [3.63, 3.8) is 0 Å². The average Bonchev–Trinajstić information content (AvgIpc) is 2.35. The zero-order valence-electron chi connectivity index (χ0n) is 11.7. The number of anilines is 1. The summed E-state index contributed by atoms with van der Waals surface area (Å²) in [5.74, 6) is 3.10. The molecule has 2 rings (SSSR count). The van der Waals surface area contributed by atoms with E-state index in [1.54, 1.807) is 13.4 Å². The fraction of sp³-hybridized carbons (Fsp3) is 0.714. The minimum absolute atomic E-state index is 0.513. The molecule has 4 heteroatoms. The molecule has 0 spiro atoms. The van der Waals surface area contributed by atoms with Crippen LogP contribution < -0.4 is 10.1 Å². The molecular weight excluding hydrogens is 226 g/mol. The first-order chi connectivity index (χ1) is 8.61. The van der Waals surface area contributed by atoms with Crippen LogP contribution in [0, 0.1) is 18.8 Å². The highest BCUT2D eigenvalue weighted by molar-refractivity contribution is 5.48. The number of hydrogen-bond donors (Lipinski definition) is 1. The van der Waals surface area contributed by atoms with E-state index in [1.807, 2.05) is 6.92 Å². The Labute approximate surface area is 109 Å². The van der Waals surface area contributed by atoms with Gasteiger partial charge in [0.05, 0.1) is 12.7 Å². The third kappa shape index (κ3) is 2.74. The summed E-state index contributed by atoms with van der Waals surface area (Å²) in [6.45, 7) is 6.66. The molecule has 1 saturated carbocycles. The highest BCUT2D eigenvalue weighted by Crippen LogP contribution is 2.31. The van der Waals surface area contributed by atoms with Gasteiger partial charge in [0.25, 0.3) is 0 Å². The van der Waals surface area contributed by atoms with Crippen LogP contribution in [0.4, 0.5) is 5.82 Å². The van der Waals surface area contributed by atoms with Crippen molar-refractivity contribution in [1.29, 1.82) is 0 Å². The quantitative estimate of drug-likeness (QED) is 0.894. The largest absolute Gasteiger partial charge is 0.481 e. The van der Waals surface area contributed by atoms with Gasteiger partial charge in [-0.1, -0.05) is 13.8 Å². The molecule has 1 aromatic heterocycles. The molecule has 100 valence electrons. The van der Waals surface area contributed by atoms with Crippen molar-refractivity contribution in [2.75, 3.05) is 12.4 Å². The van der Waals surface area contributed by atoms with E-state index in [4.69, 9.17) is 4.74 Å². The number of nitrogens with one attached hydrogen (secondary N) is 1. The highest BCUT2D eigenvalue weighted by Gasteiger charge is 2.26. The summed E-state index contributed by atoms with van der Waals surface area (Å²) < 4.78 is 5.23. The Hall–Kier alpha value is -1.32. The van der Waals surface area contributed by atoms with Crippen LogP contribution >= 0.6 is 0 Å². The van der Waals surface area contributed by atoms with E-state index >= 15 is 0 Å². The van der Waals surface area contributed by atoms with Gasteiger partial charge in [-0.15, -0.1) is 0 Å². The van der Waals surface area contributed by atoms with Crippen molar-refractivity contribution in [2.24, 2.45) is 11.8 Å². The van der Waals surface area contributed by atoms with Crippen LogP contribution in [0.5, 0.6) is 5.88 Å². The summed E-state index contributed by atoms with van der Waals surface area (Å²) in [5.41, 5.74) is 0.992. The number of ether oxygens (including phenoxy) is 1. The Balaban J connectivity index is 2.09. The third-order valence-corrected chi connectivity index (χ3v) is 3.98. The Morgan fingerprint density at radius 2 is 2.06 bits per heavy atom. The van der Waals surface area contributed by atoms with Gasteiger partial charge in [-0.3, -0.25) is 0 Å². The monoisotopic (exact) mass is 249 g/mol. The van der Waals surface area contributed by atoms with Crippen LogP contribution in [0.25, 0.3) is 0 Å². The molecule has 1 aliphatic carbocycles. The van der Waals surface area contributed by atoms with E-state index in [-0.39, 0.29) is 0 Å². The summed E-state index contributed by atoms with van der Waals surface area (Å²) in [6.07, 6.45) is 5.36. The van der Waals surface area contributed by atoms with Crippen LogP contribution in [0.1, 0.15) is 38.7 Å². The minimum Gasteiger partial charge on any atom is -0.481 e. The van der Waals surface area contributed by atoms with Gasteiger partial charge in [0.2, 0.25) is 5.88 Å². The molecule has 1 heterocycles. The molecule has 3 atom stereocenters. The first kappa shape index (κ1) is 13.1. The zero-order chi connectivity index (χ0) is 13.1. The van der Waals surface area contributed by atoms with E-state index in [9.17, 15) is 0 Å². The standard InChI is InChI=1S/C14H23N3O/c1-9-5-6-12(10(2)7-9)17-13-11(3)14(18-4)16-8-15-13/h8-10,12H,5-7H2,1-4H3,(H,15,16,17). The van der Waals surface area contributed by atoms with Crippen LogP contribution in [-0.2, 0) is 0 Å². The summed E-state index contributed by atoms with van der Waals surface area (Å²) in [7, 11) is 1.64. The van der Waals surface area contributed by atoms with Crippen LogP contribution in [0.2, 0.25) is 0 Å². The summed E-state index contributed by atoms with van der Waals surface area (Å²) >= 11 is 0. The number of nitrogens with zero attached hydrogens (tertiary/aromatic N) is 2. The lowest BCUT2D eigenvalue weighted by molar-refractivity contribution is 0.276. The van der Waals surface area contributed by atoms with Crippen LogP contribution in [-0.4, -0.2) is 23.1 Å². The van der Waals surface area contributed by atoms with Gasteiger partial charge < -0.3 is 10.1 Å². The number of methoxy groups -OCH3 is 1. The summed E-state index contributed by atoms with van der Waals surface area (Å²) in [6, 6.07) is 0.513. The first-order valence-corrected chi connectivity index (χ1v) is 6.74. The van der Waals surface area contributed by atoms with Crippen molar-refractivity contribution < 1.29 is 4.74 Å². The van der Waals surface area contributed by atoms with E-state index in [1.165, 1.54) is 19.3 Å². The van der Waals surface area contributed by atoms with Gasteiger partial charge in [0.1, 0.15) is 12.1 Å². The van der Waals surface area contributed by atoms with Crippen molar-refractivity contribution in [3.8, 4) is 5.88 Å². The summed E-state index contributed by atoms with van der Waals surface area (Å²) in [5, 5.41) is 3.56.